The molecule has 1 atom stereocenters. The van der Waals surface area contributed by atoms with Gasteiger partial charge in [-0.3, -0.25) is 14.6 Å². The minimum absolute atomic E-state index is 0.0246. The summed E-state index contributed by atoms with van der Waals surface area (Å²) in [6.07, 6.45) is 3.88. The quantitative estimate of drug-likeness (QED) is 0.547. The molecule has 34 heavy (non-hydrogen) atoms. The van der Waals surface area contributed by atoms with Gasteiger partial charge in [0.05, 0.1) is 0 Å². The van der Waals surface area contributed by atoms with Crippen molar-refractivity contribution < 1.29 is 14.3 Å². The van der Waals surface area contributed by atoms with Gasteiger partial charge in [0, 0.05) is 30.9 Å². The zero-order valence-electron chi connectivity index (χ0n) is 20.1. The zero-order chi connectivity index (χ0) is 24.3. The minimum atomic E-state index is -0.266. The van der Waals surface area contributed by atoms with Crippen molar-refractivity contribution in [2.75, 3.05) is 12.4 Å². The van der Waals surface area contributed by atoms with Crippen molar-refractivity contribution in [1.82, 2.24) is 10.3 Å². The van der Waals surface area contributed by atoms with E-state index in [-0.39, 0.29) is 23.1 Å². The van der Waals surface area contributed by atoms with Crippen LogP contribution in [0.2, 0.25) is 0 Å². The van der Waals surface area contributed by atoms with Crippen LogP contribution in [0.1, 0.15) is 54.4 Å². The standard InChI is InChI=1S/C28H31N3O3/c1-28(2,3)21-6-5-7-22(16-21)31-26(32)19-9-8-18-10-11-23(15-20(18)14-19)34-24-12-13-30-25(17-24)27(33)29-4/h5-7,10-13,15-17,19H,8-9,14H2,1-4H3,(H,29,33)(H,31,32). The Morgan fingerprint density at radius 2 is 1.79 bits per heavy atom. The third-order valence-corrected chi connectivity index (χ3v) is 6.20. The van der Waals surface area contributed by atoms with Crippen LogP contribution >= 0.6 is 0 Å². The number of nitrogens with one attached hydrogen (secondary N) is 2. The average Bonchev–Trinajstić information content (AvgIpc) is 2.83. The van der Waals surface area contributed by atoms with Gasteiger partial charge in [0.15, 0.2) is 0 Å². The van der Waals surface area contributed by atoms with Crippen molar-refractivity contribution >= 4 is 17.5 Å². The first-order valence-electron chi connectivity index (χ1n) is 11.6. The largest absolute Gasteiger partial charge is 0.457 e. The molecule has 0 spiro atoms. The van der Waals surface area contributed by atoms with Crippen molar-refractivity contribution in [2.45, 2.75) is 45.4 Å². The first-order chi connectivity index (χ1) is 16.2. The van der Waals surface area contributed by atoms with Crippen LogP contribution in [0.5, 0.6) is 11.5 Å². The maximum absolute atomic E-state index is 13.1. The minimum Gasteiger partial charge on any atom is -0.457 e. The number of fused-ring (bicyclic) bond motifs is 1. The summed E-state index contributed by atoms with van der Waals surface area (Å²) in [6, 6.07) is 17.4. The average molecular weight is 458 g/mol. The van der Waals surface area contributed by atoms with E-state index in [0.717, 1.165) is 24.1 Å². The first-order valence-corrected chi connectivity index (χ1v) is 11.6. The predicted octanol–water partition coefficient (Wildman–Crippen LogP) is 5.27. The highest BCUT2D eigenvalue weighted by Crippen LogP contribution is 2.32. The Kier molecular flexibility index (Phi) is 6.68. The fourth-order valence-corrected chi connectivity index (χ4v) is 4.19. The molecule has 2 aromatic carbocycles. The summed E-state index contributed by atoms with van der Waals surface area (Å²) in [7, 11) is 1.56. The Hall–Kier alpha value is -3.67. The van der Waals surface area contributed by atoms with Crippen LogP contribution in [0.3, 0.4) is 0 Å². The lowest BCUT2D eigenvalue weighted by atomic mass is 9.83. The number of aryl methyl sites for hydroxylation is 1. The molecule has 1 aliphatic carbocycles. The highest BCUT2D eigenvalue weighted by Gasteiger charge is 2.25. The number of carbonyl (C=O) groups is 2. The summed E-state index contributed by atoms with van der Waals surface area (Å²) in [5.74, 6) is 0.899. The summed E-state index contributed by atoms with van der Waals surface area (Å²) in [6.45, 7) is 6.49. The second-order valence-electron chi connectivity index (χ2n) is 9.75. The Bertz CT molecular complexity index is 1210. The van der Waals surface area contributed by atoms with Gasteiger partial charge in [0.25, 0.3) is 5.91 Å². The van der Waals surface area contributed by atoms with Gasteiger partial charge < -0.3 is 15.4 Å². The molecule has 1 unspecified atom stereocenters. The third-order valence-electron chi connectivity index (χ3n) is 6.20. The van der Waals surface area contributed by atoms with Gasteiger partial charge in [-0.1, -0.05) is 39.0 Å². The van der Waals surface area contributed by atoms with E-state index in [2.05, 4.69) is 54.6 Å². The number of hydrogen-bond acceptors (Lipinski definition) is 4. The normalized spacial score (nSPS) is 15.2. The number of aromatic nitrogens is 1. The number of rotatable bonds is 5. The Balaban J connectivity index is 1.46. The third kappa shape index (κ3) is 5.45. The number of nitrogens with zero attached hydrogens (tertiary/aromatic N) is 1. The van der Waals surface area contributed by atoms with E-state index in [0.29, 0.717) is 23.6 Å². The summed E-state index contributed by atoms with van der Waals surface area (Å²) in [5.41, 5.74) is 4.71. The van der Waals surface area contributed by atoms with Crippen LogP contribution < -0.4 is 15.4 Å². The van der Waals surface area contributed by atoms with Gasteiger partial charge in [0.2, 0.25) is 5.91 Å². The molecular formula is C28H31N3O3. The lowest BCUT2D eigenvalue weighted by molar-refractivity contribution is -0.120. The van der Waals surface area contributed by atoms with Gasteiger partial charge in [-0.2, -0.15) is 0 Å². The molecule has 0 saturated carbocycles. The molecule has 1 aromatic heterocycles. The molecule has 176 valence electrons. The maximum Gasteiger partial charge on any atom is 0.269 e. The number of ether oxygens (including phenoxy) is 1. The van der Waals surface area contributed by atoms with Gasteiger partial charge in [-0.25, -0.2) is 0 Å². The van der Waals surface area contributed by atoms with E-state index in [1.54, 1.807) is 25.4 Å². The molecule has 6 nitrogen and oxygen atoms in total. The van der Waals surface area contributed by atoms with E-state index >= 15 is 0 Å². The molecule has 2 amide bonds. The van der Waals surface area contributed by atoms with E-state index in [9.17, 15) is 9.59 Å². The molecule has 0 aliphatic heterocycles. The van der Waals surface area contributed by atoms with E-state index in [4.69, 9.17) is 4.74 Å². The van der Waals surface area contributed by atoms with Crippen molar-refractivity contribution in [3.05, 3.63) is 83.2 Å². The smallest absolute Gasteiger partial charge is 0.269 e. The second kappa shape index (κ2) is 9.67. The highest BCUT2D eigenvalue weighted by molar-refractivity contribution is 5.93. The number of amides is 2. The Morgan fingerprint density at radius 3 is 2.56 bits per heavy atom. The van der Waals surface area contributed by atoms with Crippen molar-refractivity contribution in [3.8, 4) is 11.5 Å². The Labute approximate surface area is 200 Å². The molecule has 1 heterocycles. The first kappa shape index (κ1) is 23.5. The van der Waals surface area contributed by atoms with Crippen LogP contribution in [0.15, 0.2) is 60.8 Å². The van der Waals surface area contributed by atoms with Gasteiger partial charge >= 0.3 is 0 Å². The van der Waals surface area contributed by atoms with E-state index in [1.807, 2.05) is 24.3 Å². The summed E-state index contributed by atoms with van der Waals surface area (Å²) in [5, 5.41) is 5.68. The predicted molar refractivity (Wildman–Crippen MR) is 133 cm³/mol. The van der Waals surface area contributed by atoms with Crippen LogP contribution in [0.4, 0.5) is 5.69 Å². The zero-order valence-corrected chi connectivity index (χ0v) is 20.1. The number of carbonyl (C=O) groups excluding carboxylic acids is 2. The molecular weight excluding hydrogens is 426 g/mol. The number of pyridine rings is 1. The molecule has 6 heteroatoms. The Morgan fingerprint density at radius 1 is 1.00 bits per heavy atom. The lowest BCUT2D eigenvalue weighted by Gasteiger charge is -2.25. The molecule has 0 radical (unpaired) electrons. The van der Waals surface area contributed by atoms with Crippen LogP contribution in [0, 0.1) is 5.92 Å². The fourth-order valence-electron chi connectivity index (χ4n) is 4.19. The molecule has 1 aliphatic rings. The molecule has 4 rings (SSSR count). The number of anilines is 1. The van der Waals surface area contributed by atoms with Crippen molar-refractivity contribution in [1.29, 1.82) is 0 Å². The topological polar surface area (TPSA) is 80.3 Å². The van der Waals surface area contributed by atoms with Crippen LogP contribution in [0.25, 0.3) is 0 Å². The van der Waals surface area contributed by atoms with Crippen LogP contribution in [-0.4, -0.2) is 23.8 Å². The lowest BCUT2D eigenvalue weighted by Crippen LogP contribution is -2.28. The molecule has 0 bridgehead atoms. The monoisotopic (exact) mass is 457 g/mol. The summed E-state index contributed by atoms with van der Waals surface area (Å²) in [4.78, 5) is 29.0. The fraction of sp³-hybridized carbons (Fsp3) is 0.321. The van der Waals surface area contributed by atoms with Gasteiger partial charge in [-0.05, 0) is 71.7 Å². The summed E-state index contributed by atoms with van der Waals surface area (Å²) >= 11 is 0. The van der Waals surface area contributed by atoms with Gasteiger partial charge in [-0.15, -0.1) is 0 Å². The van der Waals surface area contributed by atoms with E-state index in [1.165, 1.54) is 11.1 Å². The number of benzene rings is 2. The molecule has 0 saturated heterocycles. The molecule has 3 aromatic rings. The van der Waals surface area contributed by atoms with E-state index < -0.39 is 0 Å². The SMILES string of the molecule is CNC(=O)c1cc(Oc2ccc3c(c2)CC(C(=O)Nc2cccc(C(C)(C)C)c2)CC3)ccn1. The van der Waals surface area contributed by atoms with Crippen molar-refractivity contribution in [2.24, 2.45) is 5.92 Å². The maximum atomic E-state index is 13.1. The molecule has 0 fully saturated rings. The second-order valence-corrected chi connectivity index (χ2v) is 9.75. The van der Waals surface area contributed by atoms with Crippen LogP contribution in [-0.2, 0) is 23.1 Å². The summed E-state index contributed by atoms with van der Waals surface area (Å²) < 4.78 is 6.00. The van der Waals surface area contributed by atoms with Crippen molar-refractivity contribution in [3.63, 3.8) is 0 Å². The van der Waals surface area contributed by atoms with Gasteiger partial charge in [0.1, 0.15) is 17.2 Å². The number of hydrogen-bond donors (Lipinski definition) is 2. The molecule has 2 N–H and O–H groups in total. The highest BCUT2D eigenvalue weighted by atomic mass is 16.5.